The molecule has 2 aromatic heterocycles. The number of rotatable bonds is 8. The average Bonchev–Trinajstić information content (AvgIpc) is 3.24. The Morgan fingerprint density at radius 1 is 1.12 bits per heavy atom. The van der Waals surface area contributed by atoms with Crippen LogP contribution in [0.15, 0.2) is 29.3 Å². The third-order valence-electron chi connectivity index (χ3n) is 5.94. The number of unbranched alkanes of at least 4 members (excludes halogenated alkanes) is 2. The molecule has 2 N–H and O–H groups in total. The van der Waals surface area contributed by atoms with E-state index in [1.807, 2.05) is 31.2 Å². The topological polar surface area (TPSA) is 86.2 Å². The molecule has 0 bridgehead atoms. The number of hydrogen-bond donors (Lipinski definition) is 1. The number of thiophene rings is 1. The maximum atomic E-state index is 12.9. The van der Waals surface area contributed by atoms with E-state index >= 15 is 0 Å². The van der Waals surface area contributed by atoms with E-state index in [-0.39, 0.29) is 11.8 Å². The Labute approximate surface area is 197 Å². The number of aliphatic imine (C=N–C) groups is 1. The van der Waals surface area contributed by atoms with Crippen LogP contribution in [-0.2, 0) is 4.79 Å². The van der Waals surface area contributed by atoms with E-state index in [1.54, 1.807) is 11.3 Å². The molecule has 0 fully saturated rings. The Morgan fingerprint density at radius 2 is 1.88 bits per heavy atom. The predicted molar refractivity (Wildman–Crippen MR) is 130 cm³/mol. The van der Waals surface area contributed by atoms with Crippen LogP contribution in [0.2, 0.25) is 5.02 Å². The lowest BCUT2D eigenvalue weighted by Gasteiger charge is -2.12. The molecule has 3 heterocycles. The molecule has 1 aliphatic rings. The number of Topliss-reactive ketones (excluding diaryl/α,β-unsaturated/α-hetero) is 1. The van der Waals surface area contributed by atoms with E-state index in [1.165, 1.54) is 10.4 Å². The van der Waals surface area contributed by atoms with Crippen molar-refractivity contribution in [1.82, 2.24) is 14.8 Å². The number of carbonyl (C=O) groups excluding carboxylic acids is 1. The minimum Gasteiger partial charge on any atom is -0.330 e. The van der Waals surface area contributed by atoms with Gasteiger partial charge < -0.3 is 5.73 Å². The van der Waals surface area contributed by atoms with Gasteiger partial charge in [0.25, 0.3) is 0 Å². The number of carbonyl (C=O) groups is 1. The Balaban J connectivity index is 1.79. The van der Waals surface area contributed by atoms with Crippen LogP contribution in [0, 0.1) is 20.8 Å². The van der Waals surface area contributed by atoms with Crippen molar-refractivity contribution in [2.24, 2.45) is 10.7 Å². The van der Waals surface area contributed by atoms with Crippen LogP contribution in [0.4, 0.5) is 0 Å². The quantitative estimate of drug-likeness (QED) is 0.455. The standard InChI is InChI=1S/C24H28ClN5OS/c1-14-15(2)32-24-21(14)22(17-8-10-18(25)11-9-17)27-20(23-29-28-16(3)30(23)24)13-19(31)7-5-4-6-12-26/h8-11,20H,4-7,12-13,26H2,1-3H3/t20-/m0/s1. The van der Waals surface area contributed by atoms with Crippen molar-refractivity contribution >= 4 is 34.4 Å². The molecule has 4 rings (SSSR count). The van der Waals surface area contributed by atoms with Crippen molar-refractivity contribution in [3.05, 3.63) is 62.5 Å². The molecule has 0 unspecified atom stereocenters. The minimum absolute atomic E-state index is 0.191. The molecule has 6 nitrogen and oxygen atoms in total. The van der Waals surface area contributed by atoms with Gasteiger partial charge in [-0.05, 0) is 57.9 Å². The number of nitrogens with two attached hydrogens (primary N) is 1. The largest absolute Gasteiger partial charge is 0.330 e. The van der Waals surface area contributed by atoms with Gasteiger partial charge >= 0.3 is 0 Å². The summed E-state index contributed by atoms with van der Waals surface area (Å²) in [5.41, 5.74) is 9.70. The van der Waals surface area contributed by atoms with Crippen LogP contribution in [0.1, 0.15) is 71.4 Å². The van der Waals surface area contributed by atoms with Crippen LogP contribution < -0.4 is 5.73 Å². The van der Waals surface area contributed by atoms with Crippen molar-refractivity contribution in [3.63, 3.8) is 0 Å². The van der Waals surface area contributed by atoms with Crippen molar-refractivity contribution in [3.8, 4) is 5.00 Å². The lowest BCUT2D eigenvalue weighted by molar-refractivity contribution is -0.119. The second kappa shape index (κ2) is 9.65. The SMILES string of the molecule is Cc1sc2c(c1C)C(c1ccc(Cl)cc1)=N[C@@H](CC(=O)CCCCCN)c1nnc(C)n1-2. The third kappa shape index (κ3) is 4.42. The van der Waals surface area contributed by atoms with E-state index in [0.717, 1.165) is 52.8 Å². The molecular formula is C24H28ClN5OS. The highest BCUT2D eigenvalue weighted by molar-refractivity contribution is 7.15. The molecule has 0 spiro atoms. The summed E-state index contributed by atoms with van der Waals surface area (Å²) in [6, 6.07) is 7.34. The highest BCUT2D eigenvalue weighted by Gasteiger charge is 2.32. The number of halogens is 1. The number of aryl methyl sites for hydroxylation is 2. The van der Waals surface area contributed by atoms with Gasteiger partial charge in [0, 0.05) is 33.9 Å². The number of nitrogens with zero attached hydrogens (tertiary/aromatic N) is 4. The van der Waals surface area contributed by atoms with Crippen molar-refractivity contribution in [1.29, 1.82) is 0 Å². The van der Waals surface area contributed by atoms with Crippen LogP contribution in [-0.4, -0.2) is 32.8 Å². The summed E-state index contributed by atoms with van der Waals surface area (Å²) in [5, 5.41) is 10.5. The molecule has 1 aliphatic heterocycles. The zero-order valence-electron chi connectivity index (χ0n) is 18.7. The Kier molecular flexibility index (Phi) is 6.88. The fourth-order valence-electron chi connectivity index (χ4n) is 4.09. The first-order valence-electron chi connectivity index (χ1n) is 11.0. The molecular weight excluding hydrogens is 442 g/mol. The maximum Gasteiger partial charge on any atom is 0.163 e. The predicted octanol–water partition coefficient (Wildman–Crippen LogP) is 5.28. The van der Waals surface area contributed by atoms with E-state index in [4.69, 9.17) is 22.3 Å². The van der Waals surface area contributed by atoms with Gasteiger partial charge in [0.1, 0.15) is 22.7 Å². The van der Waals surface area contributed by atoms with E-state index in [9.17, 15) is 4.79 Å². The van der Waals surface area contributed by atoms with Crippen LogP contribution in [0.25, 0.3) is 5.00 Å². The molecule has 0 saturated heterocycles. The van der Waals surface area contributed by atoms with Gasteiger partial charge in [0.15, 0.2) is 5.82 Å². The van der Waals surface area contributed by atoms with Crippen LogP contribution >= 0.6 is 22.9 Å². The Hall–Kier alpha value is -2.35. The first-order valence-corrected chi connectivity index (χ1v) is 12.2. The van der Waals surface area contributed by atoms with Gasteiger partial charge in [-0.3, -0.25) is 14.4 Å². The van der Waals surface area contributed by atoms with Crippen molar-refractivity contribution in [2.75, 3.05) is 6.54 Å². The maximum absolute atomic E-state index is 12.9. The monoisotopic (exact) mass is 469 g/mol. The summed E-state index contributed by atoms with van der Waals surface area (Å²) >= 11 is 7.86. The molecule has 168 valence electrons. The summed E-state index contributed by atoms with van der Waals surface area (Å²) in [4.78, 5) is 19.2. The fraction of sp³-hybridized carbons (Fsp3) is 0.417. The summed E-state index contributed by atoms with van der Waals surface area (Å²) in [6.45, 7) is 6.85. The third-order valence-corrected chi connectivity index (χ3v) is 7.38. The number of fused-ring (bicyclic) bond motifs is 3. The molecule has 32 heavy (non-hydrogen) atoms. The summed E-state index contributed by atoms with van der Waals surface area (Å²) in [5.74, 6) is 1.72. The highest BCUT2D eigenvalue weighted by Crippen LogP contribution is 2.39. The highest BCUT2D eigenvalue weighted by atomic mass is 35.5. The fourth-order valence-corrected chi connectivity index (χ4v) is 5.43. The second-order valence-electron chi connectivity index (χ2n) is 8.25. The van der Waals surface area contributed by atoms with Gasteiger partial charge in [0.2, 0.25) is 0 Å². The van der Waals surface area contributed by atoms with Gasteiger partial charge in [-0.2, -0.15) is 0 Å². The van der Waals surface area contributed by atoms with Crippen molar-refractivity contribution < 1.29 is 4.79 Å². The van der Waals surface area contributed by atoms with Gasteiger partial charge in [-0.1, -0.05) is 30.2 Å². The Bertz CT molecular complexity index is 1160. The molecule has 1 atom stereocenters. The van der Waals surface area contributed by atoms with E-state index < -0.39 is 0 Å². The molecule has 0 saturated carbocycles. The van der Waals surface area contributed by atoms with Gasteiger partial charge in [-0.15, -0.1) is 21.5 Å². The number of ketones is 1. The average molecular weight is 470 g/mol. The smallest absolute Gasteiger partial charge is 0.163 e. The van der Waals surface area contributed by atoms with E-state index in [0.29, 0.717) is 24.4 Å². The first kappa shape index (κ1) is 22.8. The summed E-state index contributed by atoms with van der Waals surface area (Å²) in [6.07, 6.45) is 3.62. The van der Waals surface area contributed by atoms with Crippen LogP contribution in [0.5, 0.6) is 0 Å². The van der Waals surface area contributed by atoms with Gasteiger partial charge in [0.05, 0.1) is 5.71 Å². The first-order chi connectivity index (χ1) is 15.4. The lowest BCUT2D eigenvalue weighted by atomic mass is 9.99. The summed E-state index contributed by atoms with van der Waals surface area (Å²) < 4.78 is 2.08. The molecule has 8 heteroatoms. The van der Waals surface area contributed by atoms with Crippen LogP contribution in [0.3, 0.4) is 0 Å². The zero-order valence-corrected chi connectivity index (χ0v) is 20.3. The number of hydrogen-bond acceptors (Lipinski definition) is 6. The zero-order chi connectivity index (χ0) is 22.8. The minimum atomic E-state index is -0.386. The molecule has 0 amide bonds. The van der Waals surface area contributed by atoms with Gasteiger partial charge in [-0.25, -0.2) is 0 Å². The molecule has 0 radical (unpaired) electrons. The van der Waals surface area contributed by atoms with Crippen molar-refractivity contribution in [2.45, 2.75) is 58.9 Å². The Morgan fingerprint density at radius 3 is 2.59 bits per heavy atom. The number of benzene rings is 1. The number of aromatic nitrogens is 3. The normalized spacial score (nSPS) is 15.2. The molecule has 3 aromatic rings. The lowest BCUT2D eigenvalue weighted by Crippen LogP contribution is -2.11. The molecule has 1 aromatic carbocycles. The van der Waals surface area contributed by atoms with E-state index in [2.05, 4.69) is 28.6 Å². The summed E-state index contributed by atoms with van der Waals surface area (Å²) in [7, 11) is 0. The molecule has 0 aliphatic carbocycles. The second-order valence-corrected chi connectivity index (χ2v) is 9.89.